The topological polar surface area (TPSA) is 45.2 Å². The van der Waals surface area contributed by atoms with Crippen LogP contribution in [0.15, 0.2) is 29.8 Å². The molecule has 0 radical (unpaired) electrons. The van der Waals surface area contributed by atoms with Gasteiger partial charge in [-0.1, -0.05) is 0 Å². The van der Waals surface area contributed by atoms with E-state index in [-0.39, 0.29) is 5.91 Å². The minimum absolute atomic E-state index is 0.119. The maximum absolute atomic E-state index is 11.5. The molecule has 1 aliphatic rings. The largest absolute Gasteiger partial charge is 0.385 e. The van der Waals surface area contributed by atoms with E-state index in [9.17, 15) is 4.79 Å². The van der Waals surface area contributed by atoms with Crippen molar-refractivity contribution in [2.75, 3.05) is 23.3 Å². The second kappa shape index (κ2) is 5.63. The molecule has 1 aromatic carbocycles. The van der Waals surface area contributed by atoms with Gasteiger partial charge in [-0.25, -0.2) is 4.98 Å². The van der Waals surface area contributed by atoms with Crippen LogP contribution in [0.1, 0.15) is 17.5 Å². The summed E-state index contributed by atoms with van der Waals surface area (Å²) < 4.78 is 0. The molecule has 20 heavy (non-hydrogen) atoms. The van der Waals surface area contributed by atoms with Gasteiger partial charge in [-0.2, -0.15) is 0 Å². The van der Waals surface area contributed by atoms with Gasteiger partial charge in [-0.05, 0) is 30.2 Å². The normalized spacial score (nSPS) is 13.3. The van der Waals surface area contributed by atoms with Gasteiger partial charge in [0.05, 0.1) is 5.01 Å². The van der Waals surface area contributed by atoms with Crippen LogP contribution in [-0.4, -0.2) is 24.0 Å². The van der Waals surface area contributed by atoms with Gasteiger partial charge in [0, 0.05) is 49.4 Å². The molecule has 1 aliphatic heterocycles. The zero-order valence-electron chi connectivity index (χ0n) is 11.4. The van der Waals surface area contributed by atoms with E-state index in [0.29, 0.717) is 0 Å². The number of carbonyl (C=O) groups excluding carboxylic acids is 1. The SMILES string of the molecule is CC(=O)N1CCc2cc(NCCc3nccs3)ccc21. The van der Waals surface area contributed by atoms with Crippen LogP contribution in [0.4, 0.5) is 11.4 Å². The van der Waals surface area contributed by atoms with Gasteiger partial charge in [0.15, 0.2) is 0 Å². The molecule has 3 rings (SSSR count). The fourth-order valence-corrected chi connectivity index (χ4v) is 3.15. The van der Waals surface area contributed by atoms with E-state index in [4.69, 9.17) is 0 Å². The Morgan fingerprint density at radius 1 is 1.50 bits per heavy atom. The zero-order valence-corrected chi connectivity index (χ0v) is 12.2. The fraction of sp³-hybridized carbons (Fsp3) is 0.333. The third-order valence-electron chi connectivity index (χ3n) is 3.51. The van der Waals surface area contributed by atoms with Gasteiger partial charge in [0.2, 0.25) is 5.91 Å². The quantitative estimate of drug-likeness (QED) is 0.940. The Morgan fingerprint density at radius 2 is 2.40 bits per heavy atom. The molecule has 0 spiro atoms. The molecule has 1 aromatic heterocycles. The molecule has 4 nitrogen and oxygen atoms in total. The smallest absolute Gasteiger partial charge is 0.223 e. The molecular formula is C15H17N3OS. The van der Waals surface area contributed by atoms with Crippen molar-refractivity contribution < 1.29 is 4.79 Å². The Morgan fingerprint density at radius 3 is 3.15 bits per heavy atom. The summed E-state index contributed by atoms with van der Waals surface area (Å²) in [6.07, 6.45) is 3.72. The van der Waals surface area contributed by atoms with Crippen LogP contribution in [0.3, 0.4) is 0 Å². The third kappa shape index (κ3) is 2.67. The Labute approximate surface area is 122 Å². The first-order chi connectivity index (χ1) is 9.74. The van der Waals surface area contributed by atoms with E-state index in [2.05, 4.69) is 16.4 Å². The number of hydrogen-bond donors (Lipinski definition) is 1. The summed E-state index contributed by atoms with van der Waals surface area (Å²) in [5.74, 6) is 0.119. The summed E-state index contributed by atoms with van der Waals surface area (Å²) in [7, 11) is 0. The molecule has 0 saturated carbocycles. The van der Waals surface area contributed by atoms with Crippen molar-refractivity contribution >= 4 is 28.6 Å². The van der Waals surface area contributed by atoms with Crippen molar-refractivity contribution in [3.63, 3.8) is 0 Å². The Hall–Kier alpha value is -1.88. The minimum Gasteiger partial charge on any atom is -0.385 e. The second-order valence-electron chi connectivity index (χ2n) is 4.87. The van der Waals surface area contributed by atoms with Crippen LogP contribution in [0.25, 0.3) is 0 Å². The van der Waals surface area contributed by atoms with Gasteiger partial charge in [0.1, 0.15) is 0 Å². The first-order valence-electron chi connectivity index (χ1n) is 6.77. The molecular weight excluding hydrogens is 270 g/mol. The number of fused-ring (bicyclic) bond motifs is 1. The number of anilines is 2. The van der Waals surface area contributed by atoms with Crippen molar-refractivity contribution in [1.29, 1.82) is 0 Å². The maximum Gasteiger partial charge on any atom is 0.223 e. The Bertz CT molecular complexity index is 610. The van der Waals surface area contributed by atoms with E-state index in [0.717, 1.165) is 42.3 Å². The molecule has 104 valence electrons. The standard InChI is InChI=1S/C15H17N3OS/c1-11(19)18-8-5-12-10-13(2-3-14(12)18)16-6-4-15-17-7-9-20-15/h2-3,7,9-10,16H,4-6,8H2,1H3. The van der Waals surface area contributed by atoms with E-state index in [1.165, 1.54) is 5.56 Å². The van der Waals surface area contributed by atoms with Crippen molar-refractivity contribution in [3.05, 3.63) is 40.3 Å². The van der Waals surface area contributed by atoms with Crippen LogP contribution < -0.4 is 10.2 Å². The molecule has 1 N–H and O–H groups in total. The number of hydrogen-bond acceptors (Lipinski definition) is 4. The number of nitrogens with one attached hydrogen (secondary N) is 1. The van der Waals surface area contributed by atoms with Gasteiger partial charge in [0.25, 0.3) is 0 Å². The van der Waals surface area contributed by atoms with E-state index in [1.54, 1.807) is 18.3 Å². The monoisotopic (exact) mass is 287 g/mol. The third-order valence-corrected chi connectivity index (χ3v) is 4.35. The summed E-state index contributed by atoms with van der Waals surface area (Å²) in [6, 6.07) is 6.23. The first kappa shape index (κ1) is 13.1. The molecule has 0 unspecified atom stereocenters. The lowest BCUT2D eigenvalue weighted by Gasteiger charge is -2.15. The number of amides is 1. The van der Waals surface area contributed by atoms with Gasteiger partial charge >= 0.3 is 0 Å². The van der Waals surface area contributed by atoms with Crippen LogP contribution in [0.5, 0.6) is 0 Å². The highest BCUT2D eigenvalue weighted by molar-refractivity contribution is 7.09. The van der Waals surface area contributed by atoms with Crippen LogP contribution in [0, 0.1) is 0 Å². The van der Waals surface area contributed by atoms with E-state index in [1.807, 2.05) is 28.6 Å². The average molecular weight is 287 g/mol. The van der Waals surface area contributed by atoms with Crippen LogP contribution in [0.2, 0.25) is 0 Å². The van der Waals surface area contributed by atoms with E-state index < -0.39 is 0 Å². The number of rotatable bonds is 4. The summed E-state index contributed by atoms with van der Waals surface area (Å²) in [5.41, 5.74) is 3.42. The van der Waals surface area contributed by atoms with Gasteiger partial charge in [-0.15, -0.1) is 11.3 Å². The maximum atomic E-state index is 11.5. The Kier molecular flexibility index (Phi) is 3.69. The molecule has 5 heteroatoms. The average Bonchev–Trinajstić information content (AvgIpc) is 3.06. The molecule has 0 saturated heterocycles. The molecule has 0 fully saturated rings. The molecule has 0 atom stereocenters. The zero-order chi connectivity index (χ0) is 13.9. The first-order valence-corrected chi connectivity index (χ1v) is 7.65. The van der Waals surface area contributed by atoms with E-state index >= 15 is 0 Å². The highest BCUT2D eigenvalue weighted by Gasteiger charge is 2.21. The van der Waals surface area contributed by atoms with Crippen LogP contribution >= 0.6 is 11.3 Å². The predicted octanol–water partition coefficient (Wildman–Crippen LogP) is 2.71. The lowest BCUT2D eigenvalue weighted by atomic mass is 10.1. The summed E-state index contributed by atoms with van der Waals surface area (Å²) in [5, 5.41) is 6.58. The van der Waals surface area contributed by atoms with Gasteiger partial charge < -0.3 is 10.2 Å². The molecule has 2 aromatic rings. The molecule has 0 bridgehead atoms. The van der Waals surface area contributed by atoms with Crippen LogP contribution in [-0.2, 0) is 17.6 Å². The lowest BCUT2D eigenvalue weighted by Crippen LogP contribution is -2.25. The Balaban J connectivity index is 1.63. The number of nitrogens with zero attached hydrogens (tertiary/aromatic N) is 2. The highest BCUT2D eigenvalue weighted by atomic mass is 32.1. The number of carbonyl (C=O) groups is 1. The van der Waals surface area contributed by atoms with Crippen molar-refractivity contribution in [1.82, 2.24) is 4.98 Å². The number of aromatic nitrogens is 1. The number of thiazole rings is 1. The molecule has 0 aliphatic carbocycles. The van der Waals surface area contributed by atoms with Crippen molar-refractivity contribution in [2.45, 2.75) is 19.8 Å². The van der Waals surface area contributed by atoms with Crippen molar-refractivity contribution in [2.24, 2.45) is 0 Å². The predicted molar refractivity (Wildman–Crippen MR) is 82.5 cm³/mol. The summed E-state index contributed by atoms with van der Waals surface area (Å²) >= 11 is 1.69. The number of benzene rings is 1. The highest BCUT2D eigenvalue weighted by Crippen LogP contribution is 2.30. The summed E-state index contributed by atoms with van der Waals surface area (Å²) in [6.45, 7) is 3.30. The lowest BCUT2D eigenvalue weighted by molar-refractivity contribution is -0.116. The van der Waals surface area contributed by atoms with Gasteiger partial charge in [-0.3, -0.25) is 4.79 Å². The minimum atomic E-state index is 0.119. The summed E-state index contributed by atoms with van der Waals surface area (Å²) in [4.78, 5) is 17.6. The molecule has 1 amide bonds. The molecule has 2 heterocycles. The fourth-order valence-electron chi connectivity index (χ4n) is 2.53. The van der Waals surface area contributed by atoms with Crippen molar-refractivity contribution in [3.8, 4) is 0 Å². The second-order valence-corrected chi connectivity index (χ2v) is 5.85.